The Morgan fingerprint density at radius 2 is 2.20 bits per heavy atom. The van der Waals surface area contributed by atoms with Gasteiger partial charge in [0.15, 0.2) is 0 Å². The fourth-order valence-electron chi connectivity index (χ4n) is 1.38. The average molecular weight is 223 g/mol. The lowest BCUT2D eigenvalue weighted by Gasteiger charge is -2.13. The molecule has 0 bridgehead atoms. The second kappa shape index (κ2) is 5.07. The van der Waals surface area contributed by atoms with Gasteiger partial charge >= 0.3 is 6.09 Å². The quantitative estimate of drug-likeness (QED) is 0.722. The van der Waals surface area contributed by atoms with Gasteiger partial charge in [-0.2, -0.15) is 0 Å². The SMILES string of the molecule is O=C(OCc1ccccc1)N1CCCS1. The second-order valence-corrected chi connectivity index (χ2v) is 4.44. The minimum atomic E-state index is -0.221. The van der Waals surface area contributed by atoms with Crippen molar-refractivity contribution >= 4 is 18.0 Å². The molecule has 3 nitrogen and oxygen atoms in total. The van der Waals surface area contributed by atoms with Crippen LogP contribution in [0.4, 0.5) is 4.79 Å². The first kappa shape index (κ1) is 10.4. The molecule has 1 aromatic carbocycles. The van der Waals surface area contributed by atoms with Crippen molar-refractivity contribution in [1.82, 2.24) is 4.31 Å². The molecule has 80 valence electrons. The van der Waals surface area contributed by atoms with Crippen molar-refractivity contribution in [2.24, 2.45) is 0 Å². The van der Waals surface area contributed by atoms with Crippen LogP contribution in [0.5, 0.6) is 0 Å². The van der Waals surface area contributed by atoms with E-state index < -0.39 is 0 Å². The van der Waals surface area contributed by atoms with Crippen LogP contribution >= 0.6 is 11.9 Å². The standard InChI is InChI=1S/C11H13NO2S/c13-11(12-7-4-8-15-12)14-9-10-5-2-1-3-6-10/h1-3,5-6H,4,7-9H2. The third-order valence-corrected chi connectivity index (χ3v) is 3.28. The van der Waals surface area contributed by atoms with Crippen molar-refractivity contribution < 1.29 is 9.53 Å². The molecule has 0 radical (unpaired) electrons. The maximum atomic E-state index is 11.5. The van der Waals surface area contributed by atoms with Crippen molar-refractivity contribution in [3.63, 3.8) is 0 Å². The van der Waals surface area contributed by atoms with Crippen LogP contribution in [0.15, 0.2) is 30.3 Å². The zero-order valence-corrected chi connectivity index (χ0v) is 9.20. The van der Waals surface area contributed by atoms with E-state index in [2.05, 4.69) is 0 Å². The summed E-state index contributed by atoms with van der Waals surface area (Å²) in [7, 11) is 0. The van der Waals surface area contributed by atoms with Crippen molar-refractivity contribution in [1.29, 1.82) is 0 Å². The predicted molar refractivity (Wildman–Crippen MR) is 60.4 cm³/mol. The number of amides is 1. The maximum Gasteiger partial charge on any atom is 0.420 e. The average Bonchev–Trinajstić information content (AvgIpc) is 2.81. The Labute approximate surface area is 93.5 Å². The van der Waals surface area contributed by atoms with Gasteiger partial charge in [-0.15, -0.1) is 0 Å². The first-order chi connectivity index (χ1) is 7.36. The van der Waals surface area contributed by atoms with Crippen molar-refractivity contribution in [2.45, 2.75) is 13.0 Å². The van der Waals surface area contributed by atoms with Crippen LogP contribution in [0.1, 0.15) is 12.0 Å². The molecule has 0 N–H and O–H groups in total. The summed E-state index contributed by atoms with van der Waals surface area (Å²) in [4.78, 5) is 11.5. The third kappa shape index (κ3) is 2.89. The number of carbonyl (C=O) groups is 1. The molecule has 1 amide bonds. The van der Waals surface area contributed by atoms with E-state index >= 15 is 0 Å². The summed E-state index contributed by atoms with van der Waals surface area (Å²) in [5.74, 6) is 1.01. The summed E-state index contributed by atoms with van der Waals surface area (Å²) >= 11 is 1.54. The molecule has 4 heteroatoms. The van der Waals surface area contributed by atoms with Gasteiger partial charge in [-0.05, 0) is 23.9 Å². The van der Waals surface area contributed by atoms with Crippen molar-refractivity contribution in [3.05, 3.63) is 35.9 Å². The molecule has 0 atom stereocenters. The Morgan fingerprint density at radius 3 is 2.87 bits per heavy atom. The smallest absolute Gasteiger partial charge is 0.420 e. The van der Waals surface area contributed by atoms with Gasteiger partial charge < -0.3 is 4.74 Å². The van der Waals surface area contributed by atoms with Crippen LogP contribution in [0.2, 0.25) is 0 Å². The largest absolute Gasteiger partial charge is 0.444 e. The van der Waals surface area contributed by atoms with Crippen LogP contribution in [-0.4, -0.2) is 22.7 Å². The number of benzene rings is 1. The van der Waals surface area contributed by atoms with Gasteiger partial charge in [0.2, 0.25) is 0 Å². The summed E-state index contributed by atoms with van der Waals surface area (Å²) in [5, 5.41) is 0. The highest BCUT2D eigenvalue weighted by molar-refractivity contribution is 7.97. The van der Waals surface area contributed by atoms with Crippen LogP contribution in [0.3, 0.4) is 0 Å². The molecule has 2 rings (SSSR count). The zero-order valence-electron chi connectivity index (χ0n) is 8.39. The van der Waals surface area contributed by atoms with Gasteiger partial charge in [0.25, 0.3) is 0 Å². The van der Waals surface area contributed by atoms with E-state index in [0.717, 1.165) is 24.3 Å². The molecule has 1 fully saturated rings. The van der Waals surface area contributed by atoms with E-state index in [1.54, 1.807) is 16.3 Å². The lowest BCUT2D eigenvalue weighted by atomic mass is 10.2. The van der Waals surface area contributed by atoms with Gasteiger partial charge in [-0.25, -0.2) is 4.79 Å². The van der Waals surface area contributed by atoms with Crippen LogP contribution in [0, 0.1) is 0 Å². The lowest BCUT2D eigenvalue weighted by Crippen LogP contribution is -2.22. The Balaban J connectivity index is 1.80. The summed E-state index contributed by atoms with van der Waals surface area (Å²) in [5.41, 5.74) is 1.02. The first-order valence-electron chi connectivity index (χ1n) is 4.97. The molecule has 15 heavy (non-hydrogen) atoms. The maximum absolute atomic E-state index is 11.5. The monoisotopic (exact) mass is 223 g/mol. The van der Waals surface area contributed by atoms with Gasteiger partial charge in [0.05, 0.1) is 0 Å². The lowest BCUT2D eigenvalue weighted by molar-refractivity contribution is 0.123. The number of ether oxygens (including phenoxy) is 1. The van der Waals surface area contributed by atoms with Crippen LogP contribution in [-0.2, 0) is 11.3 Å². The van der Waals surface area contributed by atoms with Gasteiger partial charge in [-0.3, -0.25) is 4.31 Å². The molecule has 0 unspecified atom stereocenters. The minimum Gasteiger partial charge on any atom is -0.444 e. The molecule has 1 aliphatic rings. The molecular weight excluding hydrogens is 210 g/mol. The molecule has 1 aliphatic heterocycles. The Hall–Kier alpha value is -1.16. The highest BCUT2D eigenvalue weighted by Gasteiger charge is 2.20. The summed E-state index contributed by atoms with van der Waals surface area (Å²) < 4.78 is 6.86. The molecule has 0 aliphatic carbocycles. The summed E-state index contributed by atoms with van der Waals surface area (Å²) in [6.45, 7) is 1.16. The Morgan fingerprint density at radius 1 is 1.40 bits per heavy atom. The molecule has 0 aromatic heterocycles. The third-order valence-electron chi connectivity index (χ3n) is 2.16. The number of rotatable bonds is 2. The van der Waals surface area contributed by atoms with E-state index in [0.29, 0.717) is 6.61 Å². The van der Waals surface area contributed by atoms with E-state index in [9.17, 15) is 4.79 Å². The Bertz CT molecular complexity index is 323. The molecule has 1 saturated heterocycles. The highest BCUT2D eigenvalue weighted by Crippen LogP contribution is 2.21. The van der Waals surface area contributed by atoms with Gasteiger partial charge in [-0.1, -0.05) is 30.3 Å². The van der Waals surface area contributed by atoms with E-state index in [1.807, 2.05) is 30.3 Å². The molecule has 0 saturated carbocycles. The first-order valence-corrected chi connectivity index (χ1v) is 5.91. The molecule has 1 heterocycles. The number of nitrogens with zero attached hydrogens (tertiary/aromatic N) is 1. The fraction of sp³-hybridized carbons (Fsp3) is 0.364. The predicted octanol–water partition coefficient (Wildman–Crippen LogP) is 2.68. The highest BCUT2D eigenvalue weighted by atomic mass is 32.2. The van der Waals surface area contributed by atoms with E-state index in [1.165, 1.54) is 0 Å². The molecule has 0 spiro atoms. The zero-order chi connectivity index (χ0) is 10.5. The summed E-state index contributed by atoms with van der Waals surface area (Å²) in [6.07, 6.45) is 0.840. The van der Waals surface area contributed by atoms with E-state index in [4.69, 9.17) is 4.74 Å². The minimum absolute atomic E-state index is 0.221. The van der Waals surface area contributed by atoms with Crippen molar-refractivity contribution in [3.8, 4) is 0 Å². The Kier molecular flexibility index (Phi) is 3.50. The van der Waals surface area contributed by atoms with Crippen LogP contribution in [0.25, 0.3) is 0 Å². The number of hydrogen-bond acceptors (Lipinski definition) is 3. The van der Waals surface area contributed by atoms with Crippen molar-refractivity contribution in [2.75, 3.05) is 12.3 Å². The molecule has 1 aromatic rings. The second-order valence-electron chi connectivity index (χ2n) is 3.33. The van der Waals surface area contributed by atoms with Gasteiger partial charge in [0, 0.05) is 12.3 Å². The molecular formula is C11H13NO2S. The summed E-state index contributed by atoms with van der Waals surface area (Å²) in [6, 6.07) is 9.72. The number of hydrogen-bond donors (Lipinski definition) is 0. The van der Waals surface area contributed by atoms with Gasteiger partial charge in [0.1, 0.15) is 6.61 Å². The fourth-order valence-corrected chi connectivity index (χ4v) is 2.28. The van der Waals surface area contributed by atoms with Crippen LogP contribution < -0.4 is 0 Å². The number of carbonyl (C=O) groups excluding carboxylic acids is 1. The van der Waals surface area contributed by atoms with E-state index in [-0.39, 0.29) is 6.09 Å². The topological polar surface area (TPSA) is 29.5 Å². The normalized spacial score (nSPS) is 15.3.